The first-order valence-electron chi connectivity index (χ1n) is 7.21. The van der Waals surface area contributed by atoms with E-state index in [1.165, 1.54) is 32.1 Å². The first kappa shape index (κ1) is 12.9. The van der Waals surface area contributed by atoms with Gasteiger partial charge in [-0.3, -0.25) is 9.69 Å². The maximum atomic E-state index is 11.4. The molecule has 3 nitrogen and oxygen atoms in total. The first-order chi connectivity index (χ1) is 8.24. The van der Waals surface area contributed by atoms with Crippen molar-refractivity contribution in [1.29, 1.82) is 0 Å². The fraction of sp³-hybridized carbons (Fsp3) is 0.929. The number of aliphatic carboxylic acids is 1. The number of unbranched alkanes of at least 4 members (excludes halogenated alkanes) is 3. The summed E-state index contributed by atoms with van der Waals surface area (Å²) in [5, 5.41) is 9.39. The highest BCUT2D eigenvalue weighted by atomic mass is 16.4. The molecule has 1 aliphatic heterocycles. The van der Waals surface area contributed by atoms with E-state index in [4.69, 9.17) is 0 Å². The van der Waals surface area contributed by atoms with Crippen LogP contribution in [0.3, 0.4) is 0 Å². The molecule has 2 aliphatic rings. The molecule has 0 aromatic carbocycles. The number of carbonyl (C=O) groups is 1. The van der Waals surface area contributed by atoms with E-state index >= 15 is 0 Å². The zero-order valence-electron chi connectivity index (χ0n) is 10.9. The molecule has 2 fully saturated rings. The fourth-order valence-electron chi connectivity index (χ4n) is 3.70. The Labute approximate surface area is 104 Å². The molecule has 1 heterocycles. The number of hydrogen-bond donors (Lipinski definition) is 1. The maximum absolute atomic E-state index is 11.4. The average Bonchev–Trinajstić information content (AvgIpc) is 2.83. The van der Waals surface area contributed by atoms with Crippen LogP contribution in [-0.2, 0) is 4.79 Å². The highest BCUT2D eigenvalue weighted by molar-refractivity contribution is 5.74. The van der Waals surface area contributed by atoms with Gasteiger partial charge in [0.25, 0.3) is 0 Å². The summed E-state index contributed by atoms with van der Waals surface area (Å²) in [4.78, 5) is 13.6. The van der Waals surface area contributed by atoms with Gasteiger partial charge in [0, 0.05) is 6.54 Å². The summed E-state index contributed by atoms with van der Waals surface area (Å²) in [6, 6.07) is -0.177. The van der Waals surface area contributed by atoms with E-state index < -0.39 is 5.97 Å². The number of likely N-dealkylation sites (tertiary alicyclic amines) is 1. The minimum Gasteiger partial charge on any atom is -0.480 e. The van der Waals surface area contributed by atoms with E-state index in [2.05, 4.69) is 11.8 Å². The van der Waals surface area contributed by atoms with E-state index in [0.29, 0.717) is 11.8 Å². The van der Waals surface area contributed by atoms with Gasteiger partial charge in [-0.25, -0.2) is 0 Å². The molecule has 0 spiro atoms. The lowest BCUT2D eigenvalue weighted by Crippen LogP contribution is -2.40. The van der Waals surface area contributed by atoms with Crippen molar-refractivity contribution in [2.24, 2.45) is 11.8 Å². The topological polar surface area (TPSA) is 40.5 Å². The molecule has 0 bridgehead atoms. The van der Waals surface area contributed by atoms with Crippen molar-refractivity contribution in [1.82, 2.24) is 4.90 Å². The van der Waals surface area contributed by atoms with E-state index in [-0.39, 0.29) is 6.04 Å². The van der Waals surface area contributed by atoms with Crippen LogP contribution in [0.15, 0.2) is 0 Å². The Bertz CT molecular complexity index is 267. The molecule has 3 atom stereocenters. The second-order valence-electron chi connectivity index (χ2n) is 5.69. The van der Waals surface area contributed by atoms with Crippen LogP contribution in [0.2, 0.25) is 0 Å². The fourth-order valence-corrected chi connectivity index (χ4v) is 3.70. The zero-order valence-corrected chi connectivity index (χ0v) is 10.9. The van der Waals surface area contributed by atoms with Crippen molar-refractivity contribution in [2.45, 2.75) is 57.9 Å². The number of nitrogens with zero attached hydrogens (tertiary/aromatic N) is 1. The Balaban J connectivity index is 1.86. The smallest absolute Gasteiger partial charge is 0.321 e. The monoisotopic (exact) mass is 239 g/mol. The molecule has 1 aliphatic carbocycles. The van der Waals surface area contributed by atoms with E-state index in [9.17, 15) is 9.90 Å². The van der Waals surface area contributed by atoms with Crippen molar-refractivity contribution in [2.75, 3.05) is 13.1 Å². The SMILES string of the molecule is CCCCCCN1CC2CCCC2C1C(=O)O. The third-order valence-corrected chi connectivity index (χ3v) is 4.54. The van der Waals surface area contributed by atoms with Crippen molar-refractivity contribution < 1.29 is 9.90 Å². The maximum Gasteiger partial charge on any atom is 0.321 e. The Morgan fingerprint density at radius 2 is 2.12 bits per heavy atom. The summed E-state index contributed by atoms with van der Waals surface area (Å²) in [6.45, 7) is 4.23. The van der Waals surface area contributed by atoms with Gasteiger partial charge in [-0.15, -0.1) is 0 Å². The van der Waals surface area contributed by atoms with Crippen molar-refractivity contribution in [3.8, 4) is 0 Å². The predicted octanol–water partition coefficient (Wildman–Crippen LogP) is 2.75. The van der Waals surface area contributed by atoms with E-state index in [1.54, 1.807) is 0 Å². The first-order valence-corrected chi connectivity index (χ1v) is 7.21. The highest BCUT2D eigenvalue weighted by Gasteiger charge is 2.47. The van der Waals surface area contributed by atoms with Crippen LogP contribution in [-0.4, -0.2) is 35.1 Å². The Morgan fingerprint density at radius 3 is 2.82 bits per heavy atom. The Hall–Kier alpha value is -0.570. The summed E-state index contributed by atoms with van der Waals surface area (Å²) in [7, 11) is 0. The second kappa shape index (κ2) is 5.85. The third kappa shape index (κ3) is 2.82. The van der Waals surface area contributed by atoms with Gasteiger partial charge in [0.15, 0.2) is 0 Å². The third-order valence-electron chi connectivity index (χ3n) is 4.54. The molecule has 2 rings (SSSR count). The van der Waals surface area contributed by atoms with Crippen LogP contribution in [0.4, 0.5) is 0 Å². The summed E-state index contributed by atoms with van der Waals surface area (Å²) >= 11 is 0. The number of hydrogen-bond acceptors (Lipinski definition) is 2. The minimum absolute atomic E-state index is 0.177. The quantitative estimate of drug-likeness (QED) is 0.725. The van der Waals surface area contributed by atoms with Crippen LogP contribution in [0.5, 0.6) is 0 Å². The molecule has 3 unspecified atom stereocenters. The summed E-state index contributed by atoms with van der Waals surface area (Å²) in [5.74, 6) is 0.524. The molecule has 1 saturated heterocycles. The molecule has 3 heteroatoms. The minimum atomic E-state index is -0.588. The van der Waals surface area contributed by atoms with Gasteiger partial charge in [0.1, 0.15) is 6.04 Å². The number of rotatable bonds is 6. The molecule has 0 aromatic heterocycles. The summed E-state index contributed by atoms with van der Waals surface area (Å²) < 4.78 is 0. The molecule has 0 amide bonds. The molecule has 0 radical (unpaired) electrons. The van der Waals surface area contributed by atoms with Gasteiger partial charge in [-0.2, -0.15) is 0 Å². The molecule has 98 valence electrons. The summed E-state index contributed by atoms with van der Waals surface area (Å²) in [5.41, 5.74) is 0. The van der Waals surface area contributed by atoms with Gasteiger partial charge in [0.05, 0.1) is 0 Å². The number of fused-ring (bicyclic) bond motifs is 1. The van der Waals surface area contributed by atoms with Crippen LogP contribution < -0.4 is 0 Å². The number of carboxylic acids is 1. The largest absolute Gasteiger partial charge is 0.480 e. The molecule has 1 N–H and O–H groups in total. The molecular weight excluding hydrogens is 214 g/mol. The molecule has 17 heavy (non-hydrogen) atoms. The van der Waals surface area contributed by atoms with Crippen LogP contribution >= 0.6 is 0 Å². The molecule has 0 aromatic rings. The van der Waals surface area contributed by atoms with E-state index in [1.807, 2.05) is 0 Å². The van der Waals surface area contributed by atoms with Crippen LogP contribution in [0.1, 0.15) is 51.9 Å². The zero-order chi connectivity index (χ0) is 12.3. The van der Waals surface area contributed by atoms with Crippen molar-refractivity contribution in [3.63, 3.8) is 0 Å². The van der Waals surface area contributed by atoms with Crippen LogP contribution in [0, 0.1) is 11.8 Å². The van der Waals surface area contributed by atoms with Gasteiger partial charge in [-0.05, 0) is 37.6 Å². The summed E-state index contributed by atoms with van der Waals surface area (Å²) in [6.07, 6.45) is 8.55. The van der Waals surface area contributed by atoms with Crippen molar-refractivity contribution in [3.05, 3.63) is 0 Å². The highest BCUT2D eigenvalue weighted by Crippen LogP contribution is 2.42. The second-order valence-corrected chi connectivity index (χ2v) is 5.69. The standard InChI is InChI=1S/C14H25NO2/c1-2-3-4-5-9-15-10-11-7-6-8-12(11)13(15)14(16)17/h11-13H,2-10H2,1H3,(H,16,17). The Morgan fingerprint density at radius 1 is 1.29 bits per heavy atom. The van der Waals surface area contributed by atoms with Gasteiger partial charge in [0.2, 0.25) is 0 Å². The van der Waals surface area contributed by atoms with Gasteiger partial charge >= 0.3 is 5.97 Å². The molecular formula is C14H25NO2. The lowest BCUT2D eigenvalue weighted by Gasteiger charge is -2.23. The van der Waals surface area contributed by atoms with Crippen LogP contribution in [0.25, 0.3) is 0 Å². The van der Waals surface area contributed by atoms with E-state index in [0.717, 1.165) is 25.9 Å². The average molecular weight is 239 g/mol. The van der Waals surface area contributed by atoms with Gasteiger partial charge in [-0.1, -0.05) is 32.6 Å². The van der Waals surface area contributed by atoms with Crippen molar-refractivity contribution >= 4 is 5.97 Å². The Kier molecular flexibility index (Phi) is 4.43. The number of carboxylic acid groups (broad SMARTS) is 1. The molecule has 1 saturated carbocycles. The normalized spacial score (nSPS) is 32.9. The lowest BCUT2D eigenvalue weighted by atomic mass is 9.94. The predicted molar refractivity (Wildman–Crippen MR) is 68.0 cm³/mol. The lowest BCUT2D eigenvalue weighted by molar-refractivity contribution is -0.143. The van der Waals surface area contributed by atoms with Gasteiger partial charge < -0.3 is 5.11 Å².